The molecule has 0 spiro atoms. The molecular formula is C13H18FNO3. The van der Waals surface area contributed by atoms with Crippen molar-refractivity contribution in [2.45, 2.75) is 19.4 Å². The molecule has 1 rings (SSSR count). The Balaban J connectivity index is 2.74. The second-order valence-corrected chi connectivity index (χ2v) is 4.52. The lowest BCUT2D eigenvalue weighted by atomic mass is 10.1. The van der Waals surface area contributed by atoms with Crippen molar-refractivity contribution < 1.29 is 19.0 Å². The lowest BCUT2D eigenvalue weighted by Gasteiger charge is -2.29. The lowest BCUT2D eigenvalue weighted by Crippen LogP contribution is -2.48. The molecule has 0 aromatic heterocycles. The number of ether oxygens (including phenoxy) is 1. The summed E-state index contributed by atoms with van der Waals surface area (Å²) in [7, 11) is 1.59. The molecule has 0 saturated carbocycles. The van der Waals surface area contributed by atoms with Gasteiger partial charge in [0.2, 0.25) is 0 Å². The third-order valence-corrected chi connectivity index (χ3v) is 2.48. The van der Waals surface area contributed by atoms with Crippen LogP contribution in [0.25, 0.3) is 0 Å². The SMILES string of the molecule is CN(CCO)C(=O)C(C)(C)Oc1ccc(F)cc1. The number of halogens is 1. The summed E-state index contributed by atoms with van der Waals surface area (Å²) < 4.78 is 18.3. The maximum atomic E-state index is 12.7. The average molecular weight is 255 g/mol. The summed E-state index contributed by atoms with van der Waals surface area (Å²) in [6.07, 6.45) is 0. The van der Waals surface area contributed by atoms with Gasteiger partial charge in [0, 0.05) is 13.6 Å². The van der Waals surface area contributed by atoms with Gasteiger partial charge in [0.25, 0.3) is 5.91 Å². The molecule has 18 heavy (non-hydrogen) atoms. The predicted molar refractivity (Wildman–Crippen MR) is 65.8 cm³/mol. The zero-order chi connectivity index (χ0) is 13.8. The molecule has 0 bridgehead atoms. The van der Waals surface area contributed by atoms with E-state index in [9.17, 15) is 9.18 Å². The van der Waals surface area contributed by atoms with Crippen LogP contribution in [0.3, 0.4) is 0 Å². The topological polar surface area (TPSA) is 49.8 Å². The normalized spacial score (nSPS) is 11.2. The number of nitrogens with zero attached hydrogens (tertiary/aromatic N) is 1. The number of aliphatic hydroxyl groups excluding tert-OH is 1. The van der Waals surface area contributed by atoms with Crippen LogP contribution in [0.4, 0.5) is 4.39 Å². The zero-order valence-corrected chi connectivity index (χ0v) is 10.8. The Hall–Kier alpha value is -1.62. The highest BCUT2D eigenvalue weighted by Gasteiger charge is 2.32. The first-order valence-corrected chi connectivity index (χ1v) is 5.68. The number of hydrogen-bond acceptors (Lipinski definition) is 3. The summed E-state index contributed by atoms with van der Waals surface area (Å²) in [6.45, 7) is 3.41. The van der Waals surface area contributed by atoms with Crippen LogP contribution in [-0.2, 0) is 4.79 Å². The van der Waals surface area contributed by atoms with Crippen LogP contribution in [0.2, 0.25) is 0 Å². The van der Waals surface area contributed by atoms with E-state index in [0.717, 1.165) is 0 Å². The highest BCUT2D eigenvalue weighted by Crippen LogP contribution is 2.20. The van der Waals surface area contributed by atoms with Crippen molar-refractivity contribution in [3.05, 3.63) is 30.1 Å². The molecule has 1 aromatic carbocycles. The summed E-state index contributed by atoms with van der Waals surface area (Å²) in [4.78, 5) is 13.4. The Labute approximate surface area is 106 Å². The second kappa shape index (κ2) is 5.82. The number of carbonyl (C=O) groups excluding carboxylic acids is 1. The van der Waals surface area contributed by atoms with Crippen molar-refractivity contribution in [3.8, 4) is 5.75 Å². The molecule has 0 saturated heterocycles. The number of hydrogen-bond donors (Lipinski definition) is 1. The first-order chi connectivity index (χ1) is 8.36. The monoisotopic (exact) mass is 255 g/mol. The van der Waals surface area contributed by atoms with Gasteiger partial charge >= 0.3 is 0 Å². The van der Waals surface area contributed by atoms with E-state index in [4.69, 9.17) is 9.84 Å². The fourth-order valence-corrected chi connectivity index (χ4v) is 1.55. The molecule has 1 N–H and O–H groups in total. The van der Waals surface area contributed by atoms with Gasteiger partial charge in [-0.3, -0.25) is 4.79 Å². The summed E-state index contributed by atoms with van der Waals surface area (Å²) in [6, 6.07) is 5.48. The largest absolute Gasteiger partial charge is 0.478 e. The summed E-state index contributed by atoms with van der Waals surface area (Å²) in [5.74, 6) is -0.183. The highest BCUT2D eigenvalue weighted by atomic mass is 19.1. The van der Waals surface area contributed by atoms with Crippen LogP contribution < -0.4 is 4.74 Å². The van der Waals surface area contributed by atoms with Gasteiger partial charge in [-0.2, -0.15) is 0 Å². The Bertz CT molecular complexity index is 403. The standard InChI is InChI=1S/C13H18FNO3/c1-13(2,12(17)15(3)8-9-16)18-11-6-4-10(14)5-7-11/h4-7,16H,8-9H2,1-3H3. The Morgan fingerprint density at radius 1 is 1.39 bits per heavy atom. The van der Waals surface area contributed by atoms with Gasteiger partial charge in [0.1, 0.15) is 11.6 Å². The zero-order valence-electron chi connectivity index (χ0n) is 10.8. The molecule has 0 aliphatic rings. The van der Waals surface area contributed by atoms with Gasteiger partial charge < -0.3 is 14.7 Å². The van der Waals surface area contributed by atoms with Crippen molar-refractivity contribution in [2.75, 3.05) is 20.2 Å². The van der Waals surface area contributed by atoms with Gasteiger partial charge in [0.05, 0.1) is 6.61 Å². The molecule has 100 valence electrons. The van der Waals surface area contributed by atoms with Crippen LogP contribution in [0.1, 0.15) is 13.8 Å². The lowest BCUT2D eigenvalue weighted by molar-refractivity contribution is -0.144. The molecule has 1 amide bonds. The first kappa shape index (κ1) is 14.4. The minimum Gasteiger partial charge on any atom is -0.478 e. The van der Waals surface area contributed by atoms with E-state index < -0.39 is 5.60 Å². The third-order valence-electron chi connectivity index (χ3n) is 2.48. The molecular weight excluding hydrogens is 237 g/mol. The fraction of sp³-hybridized carbons (Fsp3) is 0.462. The van der Waals surface area contributed by atoms with E-state index in [1.165, 1.54) is 29.2 Å². The molecule has 0 atom stereocenters. The summed E-state index contributed by atoms with van der Waals surface area (Å²) in [5, 5.41) is 8.80. The number of aliphatic hydroxyl groups is 1. The molecule has 5 heteroatoms. The molecule has 0 unspecified atom stereocenters. The smallest absolute Gasteiger partial charge is 0.265 e. The number of amides is 1. The summed E-state index contributed by atoms with van der Waals surface area (Å²) >= 11 is 0. The highest BCUT2D eigenvalue weighted by molar-refractivity contribution is 5.84. The Morgan fingerprint density at radius 3 is 2.44 bits per heavy atom. The fourth-order valence-electron chi connectivity index (χ4n) is 1.55. The molecule has 0 heterocycles. The van der Waals surface area contributed by atoms with Crippen molar-refractivity contribution in [1.82, 2.24) is 4.90 Å². The maximum absolute atomic E-state index is 12.7. The summed E-state index contributed by atoms with van der Waals surface area (Å²) in [5.41, 5.74) is -1.07. The van der Waals surface area contributed by atoms with Gasteiger partial charge in [-0.25, -0.2) is 4.39 Å². The van der Waals surface area contributed by atoms with Crippen LogP contribution in [-0.4, -0.2) is 41.7 Å². The van der Waals surface area contributed by atoms with Gasteiger partial charge in [-0.1, -0.05) is 0 Å². The molecule has 4 nitrogen and oxygen atoms in total. The number of carbonyl (C=O) groups is 1. The van der Waals surface area contributed by atoms with Crippen molar-refractivity contribution in [1.29, 1.82) is 0 Å². The quantitative estimate of drug-likeness (QED) is 0.866. The molecule has 0 aliphatic carbocycles. The van der Waals surface area contributed by atoms with Crippen LogP contribution >= 0.6 is 0 Å². The van der Waals surface area contributed by atoms with Crippen molar-refractivity contribution in [2.24, 2.45) is 0 Å². The molecule has 1 aromatic rings. The van der Waals surface area contributed by atoms with E-state index in [-0.39, 0.29) is 24.9 Å². The number of benzene rings is 1. The molecule has 0 aliphatic heterocycles. The molecule has 0 fully saturated rings. The van der Waals surface area contributed by atoms with E-state index in [0.29, 0.717) is 5.75 Å². The first-order valence-electron chi connectivity index (χ1n) is 5.68. The molecule has 0 radical (unpaired) electrons. The Morgan fingerprint density at radius 2 is 1.94 bits per heavy atom. The van der Waals surface area contributed by atoms with Crippen LogP contribution in [0.5, 0.6) is 5.75 Å². The van der Waals surface area contributed by atoms with Gasteiger partial charge in [-0.05, 0) is 38.1 Å². The number of rotatable bonds is 5. The van der Waals surface area contributed by atoms with Gasteiger partial charge in [0.15, 0.2) is 5.60 Å². The average Bonchev–Trinajstić information content (AvgIpc) is 2.31. The maximum Gasteiger partial charge on any atom is 0.265 e. The Kier molecular flexibility index (Phi) is 4.67. The van der Waals surface area contributed by atoms with Crippen LogP contribution in [0, 0.1) is 5.82 Å². The van der Waals surface area contributed by atoms with E-state index in [1.54, 1.807) is 20.9 Å². The predicted octanol–water partition coefficient (Wildman–Crippen LogP) is 1.43. The van der Waals surface area contributed by atoms with Crippen LogP contribution in [0.15, 0.2) is 24.3 Å². The second-order valence-electron chi connectivity index (χ2n) is 4.52. The minimum atomic E-state index is -1.07. The van der Waals surface area contributed by atoms with E-state index >= 15 is 0 Å². The van der Waals surface area contributed by atoms with E-state index in [2.05, 4.69) is 0 Å². The third kappa shape index (κ3) is 3.70. The van der Waals surface area contributed by atoms with Crippen molar-refractivity contribution in [3.63, 3.8) is 0 Å². The van der Waals surface area contributed by atoms with E-state index in [1.807, 2.05) is 0 Å². The van der Waals surface area contributed by atoms with Gasteiger partial charge in [-0.15, -0.1) is 0 Å². The van der Waals surface area contributed by atoms with Crippen molar-refractivity contribution >= 4 is 5.91 Å². The minimum absolute atomic E-state index is 0.102. The number of likely N-dealkylation sites (N-methyl/N-ethyl adjacent to an activating group) is 1.